The van der Waals surface area contributed by atoms with Gasteiger partial charge < -0.3 is 9.63 Å². The van der Waals surface area contributed by atoms with Gasteiger partial charge in [-0.25, -0.2) is 0 Å². The Labute approximate surface area is 139 Å². The molecule has 2 fully saturated rings. The Bertz CT molecular complexity index is 382. The first kappa shape index (κ1) is 18.4. The number of aliphatic hydroxyl groups is 1. The first-order valence-corrected chi connectivity index (χ1v) is 9.53. The zero-order valence-electron chi connectivity index (χ0n) is 14.7. The summed E-state index contributed by atoms with van der Waals surface area (Å²) in [5, 5.41) is 10.4. The maximum Gasteiger partial charge on any atom is 0.0662 e. The Morgan fingerprint density at radius 2 is 2.14 bits per heavy atom. The molecule has 1 N–H and O–H groups in total. The lowest BCUT2D eigenvalue weighted by Gasteiger charge is -2.46. The number of allylic oxidation sites excluding steroid dienone is 1. The van der Waals surface area contributed by atoms with Crippen molar-refractivity contribution < 1.29 is 9.63 Å². The normalized spacial score (nSPS) is 36.9. The van der Waals surface area contributed by atoms with E-state index >= 15 is 0 Å². The van der Waals surface area contributed by atoms with Gasteiger partial charge in [-0.2, -0.15) is 0 Å². The third-order valence-corrected chi connectivity index (χ3v) is 7.21. The summed E-state index contributed by atoms with van der Waals surface area (Å²) in [7, 11) is 2.40. The molecule has 22 heavy (non-hydrogen) atoms. The van der Waals surface area contributed by atoms with Crippen LogP contribution >= 0.6 is 9.47 Å². The van der Waals surface area contributed by atoms with Crippen molar-refractivity contribution in [3.8, 4) is 0 Å². The fourth-order valence-electron chi connectivity index (χ4n) is 5.24. The van der Waals surface area contributed by atoms with E-state index in [1.807, 2.05) is 0 Å². The molecule has 0 saturated heterocycles. The number of fused-ring (bicyclic) bond motifs is 1. The third kappa shape index (κ3) is 3.60. The molecule has 2 saturated carbocycles. The topological polar surface area (TPSA) is 29.5 Å². The Morgan fingerprint density at radius 3 is 2.77 bits per heavy atom. The molecule has 0 aliphatic heterocycles. The van der Waals surface area contributed by atoms with E-state index in [-0.39, 0.29) is 17.1 Å². The predicted octanol–water partition coefficient (Wildman–Crippen LogP) is 5.12. The molecule has 3 heteroatoms. The minimum absolute atomic E-state index is 0.0419. The van der Waals surface area contributed by atoms with Crippen LogP contribution in [0.25, 0.3) is 0 Å². The SMILES string of the molecule is C=C[C@]12CCCC(O)C1CC[C@@H]2C(C)CCCC(C)(C)OP. The van der Waals surface area contributed by atoms with Crippen molar-refractivity contribution in [1.29, 1.82) is 0 Å². The summed E-state index contributed by atoms with van der Waals surface area (Å²) in [5.41, 5.74) is 0.156. The molecule has 2 rings (SSSR count). The van der Waals surface area contributed by atoms with E-state index in [9.17, 15) is 5.11 Å². The summed E-state index contributed by atoms with van der Waals surface area (Å²) in [4.78, 5) is 0. The van der Waals surface area contributed by atoms with Gasteiger partial charge in [-0.3, -0.25) is 0 Å². The second-order valence-electron chi connectivity index (χ2n) is 8.31. The van der Waals surface area contributed by atoms with Crippen molar-refractivity contribution in [2.24, 2.45) is 23.2 Å². The molecule has 2 aliphatic carbocycles. The quantitative estimate of drug-likeness (QED) is 0.519. The molecule has 0 aromatic heterocycles. The van der Waals surface area contributed by atoms with Crippen molar-refractivity contribution >= 4 is 9.47 Å². The second-order valence-corrected chi connectivity index (χ2v) is 8.55. The Hall–Kier alpha value is 0.0900. The molecule has 6 atom stereocenters. The largest absolute Gasteiger partial charge is 0.393 e. The van der Waals surface area contributed by atoms with Crippen LogP contribution in [0.1, 0.15) is 72.1 Å². The molecule has 0 aromatic carbocycles. The Balaban J connectivity index is 1.97. The van der Waals surface area contributed by atoms with Crippen LogP contribution in [-0.2, 0) is 4.52 Å². The molecular formula is C19H35O2P. The summed E-state index contributed by atoms with van der Waals surface area (Å²) >= 11 is 0. The van der Waals surface area contributed by atoms with Crippen molar-refractivity contribution in [2.75, 3.05) is 0 Å². The molecule has 0 aromatic rings. The number of aliphatic hydroxyl groups excluding tert-OH is 1. The maximum absolute atomic E-state index is 10.4. The zero-order chi connectivity index (χ0) is 16.4. The fraction of sp³-hybridized carbons (Fsp3) is 0.895. The predicted molar refractivity (Wildman–Crippen MR) is 96.6 cm³/mol. The van der Waals surface area contributed by atoms with Gasteiger partial charge in [0.2, 0.25) is 0 Å². The van der Waals surface area contributed by atoms with E-state index in [0.29, 0.717) is 17.8 Å². The molecule has 0 amide bonds. The van der Waals surface area contributed by atoms with Gasteiger partial charge in [-0.05, 0) is 75.5 Å². The monoisotopic (exact) mass is 326 g/mol. The van der Waals surface area contributed by atoms with Crippen LogP contribution in [0.2, 0.25) is 0 Å². The van der Waals surface area contributed by atoms with Gasteiger partial charge in [0.15, 0.2) is 0 Å². The van der Waals surface area contributed by atoms with Gasteiger partial charge in [0, 0.05) is 9.47 Å². The molecule has 2 nitrogen and oxygen atoms in total. The smallest absolute Gasteiger partial charge is 0.0662 e. The highest BCUT2D eigenvalue weighted by atomic mass is 31.0. The summed E-state index contributed by atoms with van der Waals surface area (Å²) in [6.45, 7) is 10.9. The number of hydrogen-bond acceptors (Lipinski definition) is 2. The molecule has 0 radical (unpaired) electrons. The zero-order valence-corrected chi connectivity index (χ0v) is 15.8. The highest BCUT2D eigenvalue weighted by Gasteiger charge is 2.53. The van der Waals surface area contributed by atoms with Crippen LogP contribution in [0.3, 0.4) is 0 Å². The summed E-state index contributed by atoms with van der Waals surface area (Å²) in [5.74, 6) is 1.86. The van der Waals surface area contributed by atoms with Crippen LogP contribution in [-0.4, -0.2) is 16.8 Å². The molecule has 4 unspecified atom stereocenters. The number of hydrogen-bond donors (Lipinski definition) is 1. The number of rotatable bonds is 7. The summed E-state index contributed by atoms with van der Waals surface area (Å²) in [6.07, 6.45) is 11.5. The van der Waals surface area contributed by atoms with E-state index in [1.54, 1.807) is 0 Å². The van der Waals surface area contributed by atoms with Gasteiger partial charge in [0.25, 0.3) is 0 Å². The average molecular weight is 326 g/mol. The molecule has 128 valence electrons. The Kier molecular flexibility index (Phi) is 6.14. The van der Waals surface area contributed by atoms with E-state index in [0.717, 1.165) is 19.3 Å². The molecule has 2 aliphatic rings. The molecular weight excluding hydrogens is 291 g/mol. The highest BCUT2D eigenvalue weighted by molar-refractivity contribution is 7.09. The van der Waals surface area contributed by atoms with E-state index in [2.05, 4.69) is 42.9 Å². The lowest BCUT2D eigenvalue weighted by Crippen LogP contribution is -2.42. The van der Waals surface area contributed by atoms with Gasteiger partial charge in [-0.15, -0.1) is 6.58 Å². The molecule has 0 bridgehead atoms. The van der Waals surface area contributed by atoms with Crippen molar-refractivity contribution in [1.82, 2.24) is 0 Å². The van der Waals surface area contributed by atoms with E-state index < -0.39 is 0 Å². The van der Waals surface area contributed by atoms with Gasteiger partial charge in [-0.1, -0.05) is 25.8 Å². The van der Waals surface area contributed by atoms with Crippen molar-refractivity contribution in [2.45, 2.75) is 83.8 Å². The van der Waals surface area contributed by atoms with Crippen molar-refractivity contribution in [3.05, 3.63) is 12.7 Å². The lowest BCUT2D eigenvalue weighted by molar-refractivity contribution is -0.0102. The van der Waals surface area contributed by atoms with Gasteiger partial charge >= 0.3 is 0 Å². The van der Waals surface area contributed by atoms with E-state index in [1.165, 1.54) is 32.1 Å². The van der Waals surface area contributed by atoms with Crippen LogP contribution in [0.5, 0.6) is 0 Å². The second kappa shape index (κ2) is 7.32. The van der Waals surface area contributed by atoms with Crippen LogP contribution in [0, 0.1) is 23.2 Å². The summed E-state index contributed by atoms with van der Waals surface area (Å²) in [6, 6.07) is 0. The first-order valence-electron chi connectivity index (χ1n) is 9.06. The molecule has 0 spiro atoms. The standard InChI is InChI=1S/C19H35O2P/c1-5-19-13-7-9-17(20)16(19)11-10-15(19)14(2)8-6-12-18(3,4)21-22/h5,14-17,20H,1,6-13,22H2,2-4H3/t14?,15-,16?,17?,19-/m1/s1. The fourth-order valence-corrected chi connectivity index (χ4v) is 5.36. The van der Waals surface area contributed by atoms with E-state index in [4.69, 9.17) is 4.52 Å². The maximum atomic E-state index is 10.4. The summed E-state index contributed by atoms with van der Waals surface area (Å²) < 4.78 is 5.45. The Morgan fingerprint density at radius 1 is 1.41 bits per heavy atom. The highest BCUT2D eigenvalue weighted by Crippen LogP contribution is 2.59. The lowest BCUT2D eigenvalue weighted by atomic mass is 9.60. The van der Waals surface area contributed by atoms with Crippen LogP contribution in [0.4, 0.5) is 0 Å². The van der Waals surface area contributed by atoms with Gasteiger partial charge in [0.05, 0.1) is 11.7 Å². The van der Waals surface area contributed by atoms with Crippen LogP contribution < -0.4 is 0 Å². The average Bonchev–Trinajstić information content (AvgIpc) is 2.88. The third-order valence-electron chi connectivity index (χ3n) is 6.57. The van der Waals surface area contributed by atoms with Gasteiger partial charge in [0.1, 0.15) is 0 Å². The molecule has 0 heterocycles. The minimum Gasteiger partial charge on any atom is -0.393 e. The first-order chi connectivity index (χ1) is 10.4. The minimum atomic E-state index is -0.103. The van der Waals surface area contributed by atoms with Crippen molar-refractivity contribution in [3.63, 3.8) is 0 Å². The van der Waals surface area contributed by atoms with Crippen LogP contribution in [0.15, 0.2) is 12.7 Å².